The van der Waals surface area contributed by atoms with E-state index in [2.05, 4.69) is 21.1 Å². The third kappa shape index (κ3) is 3.48. The van der Waals surface area contributed by atoms with Crippen molar-refractivity contribution in [1.29, 1.82) is 0 Å². The Morgan fingerprint density at radius 2 is 2.13 bits per heavy atom. The predicted octanol–water partition coefficient (Wildman–Crippen LogP) is 2.52. The Balaban J connectivity index is 1.80. The first kappa shape index (κ1) is 15.0. The number of nitrogens with zero attached hydrogens (tertiary/aromatic N) is 5. The van der Waals surface area contributed by atoms with E-state index in [4.69, 9.17) is 4.74 Å². The Labute approximate surface area is 135 Å². The van der Waals surface area contributed by atoms with Crippen LogP contribution in [0.3, 0.4) is 0 Å². The maximum atomic E-state index is 5.26. The second kappa shape index (κ2) is 6.48. The minimum Gasteiger partial charge on any atom is -0.497 e. The van der Waals surface area contributed by atoms with E-state index in [1.165, 1.54) is 0 Å². The van der Waals surface area contributed by atoms with Crippen molar-refractivity contribution in [2.75, 3.05) is 19.1 Å². The molecule has 118 valence electrons. The minimum absolute atomic E-state index is 0.675. The minimum atomic E-state index is 0.675. The van der Waals surface area contributed by atoms with Gasteiger partial charge in [0, 0.05) is 38.6 Å². The molecule has 23 heavy (non-hydrogen) atoms. The van der Waals surface area contributed by atoms with Gasteiger partial charge in [-0.15, -0.1) is 0 Å². The van der Waals surface area contributed by atoms with Crippen molar-refractivity contribution in [3.63, 3.8) is 0 Å². The van der Waals surface area contributed by atoms with E-state index in [0.29, 0.717) is 12.5 Å². The lowest BCUT2D eigenvalue weighted by molar-refractivity contribution is 0.414. The molecule has 3 rings (SSSR count). The highest BCUT2D eigenvalue weighted by molar-refractivity contribution is 5.58. The second-order valence-electron chi connectivity index (χ2n) is 5.35. The summed E-state index contributed by atoms with van der Waals surface area (Å²) >= 11 is 0. The molecule has 0 spiro atoms. The Hall–Kier alpha value is -2.89. The molecule has 0 atom stereocenters. The zero-order valence-corrected chi connectivity index (χ0v) is 13.5. The molecule has 0 saturated heterocycles. The topological polar surface area (TPSA) is 56.1 Å². The maximum Gasteiger partial charge on any atom is 0.225 e. The lowest BCUT2D eigenvalue weighted by Gasteiger charge is -2.17. The molecule has 0 N–H and O–H groups in total. The Kier molecular flexibility index (Phi) is 4.23. The molecular weight excluding hydrogens is 290 g/mol. The van der Waals surface area contributed by atoms with Crippen molar-refractivity contribution in [3.05, 3.63) is 54.5 Å². The summed E-state index contributed by atoms with van der Waals surface area (Å²) in [7, 11) is 5.53. The van der Waals surface area contributed by atoms with Crippen LogP contribution in [0.5, 0.6) is 5.75 Å². The standard InChI is InChI=1S/C17H19N5O/c1-21(11-13-5-4-6-15(9-13)23-3)17-18-8-7-16(20-17)14-10-19-22(2)12-14/h4-10,12H,11H2,1-3H3. The molecule has 0 amide bonds. The number of ether oxygens (including phenoxy) is 1. The highest BCUT2D eigenvalue weighted by atomic mass is 16.5. The normalized spacial score (nSPS) is 10.6. The van der Waals surface area contributed by atoms with E-state index in [9.17, 15) is 0 Å². The van der Waals surface area contributed by atoms with Crippen LogP contribution < -0.4 is 9.64 Å². The lowest BCUT2D eigenvalue weighted by Crippen LogP contribution is -2.19. The van der Waals surface area contributed by atoms with Crippen LogP contribution in [0, 0.1) is 0 Å². The fourth-order valence-electron chi connectivity index (χ4n) is 2.36. The zero-order chi connectivity index (χ0) is 16.2. The summed E-state index contributed by atoms with van der Waals surface area (Å²) in [4.78, 5) is 11.0. The first-order valence-electron chi connectivity index (χ1n) is 7.32. The molecule has 1 aromatic carbocycles. The van der Waals surface area contributed by atoms with E-state index in [0.717, 1.165) is 22.6 Å². The number of benzene rings is 1. The predicted molar refractivity (Wildman–Crippen MR) is 89.3 cm³/mol. The third-order valence-corrected chi connectivity index (χ3v) is 3.54. The summed E-state index contributed by atoms with van der Waals surface area (Å²) < 4.78 is 7.02. The number of hydrogen-bond donors (Lipinski definition) is 0. The summed E-state index contributed by atoms with van der Waals surface area (Å²) in [5.74, 6) is 1.52. The van der Waals surface area contributed by atoms with Crippen LogP contribution in [0.4, 0.5) is 5.95 Å². The smallest absolute Gasteiger partial charge is 0.225 e. The monoisotopic (exact) mass is 309 g/mol. The maximum absolute atomic E-state index is 5.26. The number of anilines is 1. The molecule has 0 aliphatic heterocycles. The SMILES string of the molecule is COc1cccc(CN(C)c2nccc(-c3cnn(C)c3)n2)c1. The number of aryl methyl sites for hydroxylation is 1. The average Bonchev–Trinajstić information content (AvgIpc) is 3.01. The van der Waals surface area contributed by atoms with Gasteiger partial charge in [0.2, 0.25) is 5.95 Å². The van der Waals surface area contributed by atoms with Crippen LogP contribution >= 0.6 is 0 Å². The molecule has 6 heteroatoms. The van der Waals surface area contributed by atoms with Crippen LogP contribution in [0.2, 0.25) is 0 Å². The lowest BCUT2D eigenvalue weighted by atomic mass is 10.2. The van der Waals surface area contributed by atoms with Gasteiger partial charge in [0.1, 0.15) is 5.75 Å². The summed E-state index contributed by atoms with van der Waals surface area (Å²) in [5.41, 5.74) is 2.98. The molecular formula is C17H19N5O. The molecule has 0 fully saturated rings. The molecule has 2 aromatic heterocycles. The number of hydrogen-bond acceptors (Lipinski definition) is 5. The van der Waals surface area contributed by atoms with Gasteiger partial charge in [0.25, 0.3) is 0 Å². The van der Waals surface area contributed by atoms with Crippen LogP contribution in [0.15, 0.2) is 48.9 Å². The largest absolute Gasteiger partial charge is 0.497 e. The molecule has 0 unspecified atom stereocenters. The Morgan fingerprint density at radius 3 is 2.87 bits per heavy atom. The highest BCUT2D eigenvalue weighted by Crippen LogP contribution is 2.19. The molecule has 2 heterocycles. The molecule has 0 radical (unpaired) electrons. The summed E-state index contributed by atoms with van der Waals surface area (Å²) in [6, 6.07) is 9.88. The Bertz CT molecular complexity index is 799. The van der Waals surface area contributed by atoms with E-state index in [1.54, 1.807) is 24.2 Å². The van der Waals surface area contributed by atoms with Gasteiger partial charge in [-0.3, -0.25) is 4.68 Å². The zero-order valence-electron chi connectivity index (χ0n) is 13.5. The van der Waals surface area contributed by atoms with E-state index in [-0.39, 0.29) is 0 Å². The summed E-state index contributed by atoms with van der Waals surface area (Å²) in [5, 5.41) is 4.18. The molecule has 3 aromatic rings. The van der Waals surface area contributed by atoms with Gasteiger partial charge in [0.15, 0.2) is 0 Å². The summed E-state index contributed by atoms with van der Waals surface area (Å²) in [6.45, 7) is 0.702. The number of aromatic nitrogens is 4. The first-order chi connectivity index (χ1) is 11.2. The quantitative estimate of drug-likeness (QED) is 0.725. The van der Waals surface area contributed by atoms with Gasteiger partial charge < -0.3 is 9.64 Å². The third-order valence-electron chi connectivity index (χ3n) is 3.54. The van der Waals surface area contributed by atoms with E-state index in [1.807, 2.05) is 49.5 Å². The van der Waals surface area contributed by atoms with Gasteiger partial charge in [0.05, 0.1) is 19.0 Å². The first-order valence-corrected chi connectivity index (χ1v) is 7.32. The van der Waals surface area contributed by atoms with Gasteiger partial charge in [-0.05, 0) is 23.8 Å². The van der Waals surface area contributed by atoms with Crippen LogP contribution in [-0.4, -0.2) is 33.9 Å². The summed E-state index contributed by atoms with van der Waals surface area (Å²) in [6.07, 6.45) is 5.51. The van der Waals surface area contributed by atoms with Crippen molar-refractivity contribution < 1.29 is 4.74 Å². The van der Waals surface area contributed by atoms with Gasteiger partial charge in [-0.1, -0.05) is 12.1 Å². The average molecular weight is 309 g/mol. The van der Waals surface area contributed by atoms with Crippen molar-refractivity contribution >= 4 is 5.95 Å². The molecule has 0 aliphatic carbocycles. The molecule has 0 saturated carbocycles. The van der Waals surface area contributed by atoms with Crippen molar-refractivity contribution in [1.82, 2.24) is 19.7 Å². The number of rotatable bonds is 5. The molecule has 0 aliphatic rings. The van der Waals surface area contributed by atoms with Gasteiger partial charge in [-0.25, -0.2) is 9.97 Å². The van der Waals surface area contributed by atoms with Crippen LogP contribution in [-0.2, 0) is 13.6 Å². The van der Waals surface area contributed by atoms with Crippen molar-refractivity contribution in [2.45, 2.75) is 6.54 Å². The fourth-order valence-corrected chi connectivity index (χ4v) is 2.36. The van der Waals surface area contributed by atoms with Gasteiger partial charge >= 0.3 is 0 Å². The van der Waals surface area contributed by atoms with Crippen molar-refractivity contribution in [3.8, 4) is 17.0 Å². The molecule has 0 bridgehead atoms. The molecule has 6 nitrogen and oxygen atoms in total. The van der Waals surface area contributed by atoms with E-state index >= 15 is 0 Å². The van der Waals surface area contributed by atoms with Crippen LogP contribution in [0.25, 0.3) is 11.3 Å². The van der Waals surface area contributed by atoms with Gasteiger partial charge in [-0.2, -0.15) is 5.10 Å². The van der Waals surface area contributed by atoms with Crippen molar-refractivity contribution in [2.24, 2.45) is 7.05 Å². The number of methoxy groups -OCH3 is 1. The highest BCUT2D eigenvalue weighted by Gasteiger charge is 2.09. The van der Waals surface area contributed by atoms with E-state index < -0.39 is 0 Å². The second-order valence-corrected chi connectivity index (χ2v) is 5.35. The fraction of sp³-hybridized carbons (Fsp3) is 0.235. The Morgan fingerprint density at radius 1 is 1.26 bits per heavy atom. The van der Waals surface area contributed by atoms with Crippen LogP contribution in [0.1, 0.15) is 5.56 Å².